The van der Waals surface area contributed by atoms with Crippen molar-refractivity contribution in [1.82, 2.24) is 15.0 Å². The van der Waals surface area contributed by atoms with E-state index in [0.717, 1.165) is 5.46 Å². The highest BCUT2D eigenvalue weighted by Gasteiger charge is 2.51. The fourth-order valence-electron chi connectivity index (χ4n) is 2.69. The van der Waals surface area contributed by atoms with Crippen LogP contribution >= 0.6 is 0 Å². The van der Waals surface area contributed by atoms with Gasteiger partial charge in [-0.3, -0.25) is 4.79 Å². The molecule has 30 heavy (non-hydrogen) atoms. The number of esters is 1. The average Bonchev–Trinajstić information content (AvgIpc) is 3.18. The number of carbonyl (C=O) groups excluding carboxylic acids is 1. The highest BCUT2D eigenvalue weighted by molar-refractivity contribution is 6.62. The SMILES string of the molecule is CC(C)(C)C(=O)OCn1nncc1COc1ccc(B2OC(C)(C)C(C)(C)O2)cc1. The van der Waals surface area contributed by atoms with Crippen LogP contribution < -0.4 is 10.2 Å². The van der Waals surface area contributed by atoms with E-state index in [2.05, 4.69) is 10.3 Å². The number of aromatic nitrogens is 3. The first-order valence-electron chi connectivity index (χ1n) is 10.0. The van der Waals surface area contributed by atoms with Crippen LogP contribution in [-0.2, 0) is 32.2 Å². The van der Waals surface area contributed by atoms with Crippen LogP contribution in [0.5, 0.6) is 5.75 Å². The van der Waals surface area contributed by atoms with Crippen LogP contribution in [-0.4, -0.2) is 39.3 Å². The molecule has 0 spiro atoms. The lowest BCUT2D eigenvalue weighted by molar-refractivity contribution is -0.157. The fourth-order valence-corrected chi connectivity index (χ4v) is 2.69. The maximum atomic E-state index is 11.9. The second kappa shape index (κ2) is 8.04. The smallest absolute Gasteiger partial charge is 0.487 e. The molecule has 3 rings (SSSR count). The quantitative estimate of drug-likeness (QED) is 0.530. The molecule has 8 nitrogen and oxygen atoms in total. The highest BCUT2D eigenvalue weighted by Crippen LogP contribution is 2.36. The van der Waals surface area contributed by atoms with Crippen molar-refractivity contribution in [1.29, 1.82) is 0 Å². The van der Waals surface area contributed by atoms with Gasteiger partial charge in [0.1, 0.15) is 12.4 Å². The monoisotopic (exact) mass is 415 g/mol. The Morgan fingerprint density at radius 2 is 1.70 bits per heavy atom. The number of ether oxygens (including phenoxy) is 2. The predicted octanol–water partition coefficient (Wildman–Crippen LogP) is 2.70. The summed E-state index contributed by atoms with van der Waals surface area (Å²) in [4.78, 5) is 11.9. The molecule has 0 radical (unpaired) electrons. The van der Waals surface area contributed by atoms with Crippen LogP contribution in [0.3, 0.4) is 0 Å². The maximum absolute atomic E-state index is 11.9. The summed E-state index contributed by atoms with van der Waals surface area (Å²) in [7, 11) is -0.410. The third-order valence-electron chi connectivity index (χ3n) is 5.42. The summed E-state index contributed by atoms with van der Waals surface area (Å²) in [6.07, 6.45) is 1.59. The molecule has 0 atom stereocenters. The molecule has 1 fully saturated rings. The number of benzene rings is 1. The van der Waals surface area contributed by atoms with Crippen LogP contribution in [0.1, 0.15) is 54.2 Å². The number of rotatable bonds is 6. The molecule has 1 aliphatic rings. The Morgan fingerprint density at radius 3 is 2.27 bits per heavy atom. The van der Waals surface area contributed by atoms with Gasteiger partial charge in [0, 0.05) is 0 Å². The minimum Gasteiger partial charge on any atom is -0.487 e. The van der Waals surface area contributed by atoms with Gasteiger partial charge in [-0.2, -0.15) is 0 Å². The first-order chi connectivity index (χ1) is 13.9. The lowest BCUT2D eigenvalue weighted by atomic mass is 9.79. The van der Waals surface area contributed by atoms with E-state index in [4.69, 9.17) is 18.8 Å². The number of carbonyl (C=O) groups is 1. The van der Waals surface area contributed by atoms with E-state index < -0.39 is 12.5 Å². The average molecular weight is 415 g/mol. The largest absolute Gasteiger partial charge is 0.494 e. The van der Waals surface area contributed by atoms with Crippen LogP contribution in [0.15, 0.2) is 30.5 Å². The van der Waals surface area contributed by atoms with Gasteiger partial charge in [0.15, 0.2) is 6.73 Å². The summed E-state index contributed by atoms with van der Waals surface area (Å²) in [5.41, 5.74) is 0.299. The van der Waals surface area contributed by atoms with Crippen LogP contribution in [0.4, 0.5) is 0 Å². The van der Waals surface area contributed by atoms with Crippen molar-refractivity contribution >= 4 is 18.6 Å². The zero-order valence-electron chi connectivity index (χ0n) is 18.8. The second-order valence-electron chi connectivity index (χ2n) is 9.48. The third kappa shape index (κ3) is 4.84. The molecule has 0 N–H and O–H groups in total. The lowest BCUT2D eigenvalue weighted by Crippen LogP contribution is -2.41. The summed E-state index contributed by atoms with van der Waals surface area (Å²) in [5, 5.41) is 7.83. The van der Waals surface area contributed by atoms with Gasteiger partial charge in [0.25, 0.3) is 0 Å². The van der Waals surface area contributed by atoms with Crippen molar-refractivity contribution in [2.24, 2.45) is 5.41 Å². The number of hydrogen-bond acceptors (Lipinski definition) is 7. The Kier molecular flexibility index (Phi) is 5.97. The topological polar surface area (TPSA) is 84.7 Å². The van der Waals surface area contributed by atoms with Gasteiger partial charge in [-0.05, 0) is 66.1 Å². The molecule has 1 saturated heterocycles. The normalized spacial score (nSPS) is 17.8. The van der Waals surface area contributed by atoms with Gasteiger partial charge in [-0.1, -0.05) is 17.3 Å². The first kappa shape index (κ1) is 22.3. The Balaban J connectivity index is 1.57. The number of hydrogen-bond donors (Lipinski definition) is 0. The minimum absolute atomic E-state index is 0.00430. The van der Waals surface area contributed by atoms with Crippen molar-refractivity contribution in [3.05, 3.63) is 36.2 Å². The zero-order valence-corrected chi connectivity index (χ0v) is 18.8. The second-order valence-corrected chi connectivity index (χ2v) is 9.48. The van der Waals surface area contributed by atoms with E-state index in [1.54, 1.807) is 27.0 Å². The summed E-state index contributed by atoms with van der Waals surface area (Å²) >= 11 is 0. The molecule has 0 saturated carbocycles. The van der Waals surface area contributed by atoms with E-state index in [1.165, 1.54) is 4.68 Å². The Bertz CT molecular complexity index is 871. The van der Waals surface area contributed by atoms with Crippen LogP contribution in [0.25, 0.3) is 0 Å². The van der Waals surface area contributed by atoms with E-state index in [0.29, 0.717) is 11.4 Å². The van der Waals surface area contributed by atoms with Crippen molar-refractivity contribution in [3.8, 4) is 5.75 Å². The molecule has 1 aromatic heterocycles. The Hall–Kier alpha value is -2.39. The molecule has 1 aromatic carbocycles. The summed E-state index contributed by atoms with van der Waals surface area (Å²) < 4.78 is 24.8. The van der Waals surface area contributed by atoms with E-state index in [1.807, 2.05) is 52.0 Å². The standard InChI is InChI=1S/C21H30BN3O5/c1-19(2,3)18(26)28-14-25-16(12-23-24-25)13-27-17-10-8-15(9-11-17)22-29-20(4,5)21(6,7)30-22/h8-12H,13-14H2,1-7H3. The zero-order chi connectivity index (χ0) is 22.2. The highest BCUT2D eigenvalue weighted by atomic mass is 16.7. The summed E-state index contributed by atoms with van der Waals surface area (Å²) in [6.45, 7) is 13.8. The molecule has 0 amide bonds. The summed E-state index contributed by atoms with van der Waals surface area (Å²) in [5.74, 6) is 0.387. The van der Waals surface area contributed by atoms with Gasteiger partial charge in [0.05, 0.1) is 28.5 Å². The molecule has 0 aliphatic carbocycles. The third-order valence-corrected chi connectivity index (χ3v) is 5.42. The molecule has 9 heteroatoms. The van der Waals surface area contributed by atoms with Gasteiger partial charge in [-0.25, -0.2) is 4.68 Å². The molecular formula is C21H30BN3O5. The van der Waals surface area contributed by atoms with E-state index in [-0.39, 0.29) is 30.5 Å². The Morgan fingerprint density at radius 1 is 1.10 bits per heavy atom. The molecule has 2 heterocycles. The molecule has 162 valence electrons. The van der Waals surface area contributed by atoms with Crippen molar-refractivity contribution in [2.75, 3.05) is 0 Å². The fraction of sp³-hybridized carbons (Fsp3) is 0.571. The molecule has 2 aromatic rings. The lowest BCUT2D eigenvalue weighted by Gasteiger charge is -2.32. The van der Waals surface area contributed by atoms with Gasteiger partial charge >= 0.3 is 13.1 Å². The first-order valence-corrected chi connectivity index (χ1v) is 10.0. The molecule has 0 unspecified atom stereocenters. The van der Waals surface area contributed by atoms with Crippen LogP contribution in [0, 0.1) is 5.41 Å². The minimum atomic E-state index is -0.573. The summed E-state index contributed by atoms with van der Waals surface area (Å²) in [6, 6.07) is 7.60. The Labute approximate surface area is 178 Å². The van der Waals surface area contributed by atoms with Gasteiger partial charge in [0.2, 0.25) is 0 Å². The van der Waals surface area contributed by atoms with Gasteiger partial charge < -0.3 is 18.8 Å². The number of nitrogens with zero attached hydrogens (tertiary/aromatic N) is 3. The molecule has 1 aliphatic heterocycles. The van der Waals surface area contributed by atoms with Crippen molar-refractivity contribution in [3.63, 3.8) is 0 Å². The van der Waals surface area contributed by atoms with E-state index >= 15 is 0 Å². The van der Waals surface area contributed by atoms with Crippen molar-refractivity contribution in [2.45, 2.75) is 73.0 Å². The van der Waals surface area contributed by atoms with Gasteiger partial charge in [-0.15, -0.1) is 5.10 Å². The molecule has 0 bridgehead atoms. The molecular weight excluding hydrogens is 385 g/mol. The predicted molar refractivity (Wildman–Crippen MR) is 112 cm³/mol. The van der Waals surface area contributed by atoms with Crippen LogP contribution in [0.2, 0.25) is 0 Å². The van der Waals surface area contributed by atoms with E-state index in [9.17, 15) is 4.79 Å². The van der Waals surface area contributed by atoms with Crippen molar-refractivity contribution < 1.29 is 23.6 Å². The maximum Gasteiger partial charge on any atom is 0.494 e.